The number of benzene rings is 1. The number of para-hydroxylation sites is 1. The smallest absolute Gasteiger partial charge is 0.318 e. The van der Waals surface area contributed by atoms with Crippen molar-refractivity contribution in [2.75, 3.05) is 6.54 Å². The van der Waals surface area contributed by atoms with E-state index < -0.39 is 23.2 Å². The first-order valence-corrected chi connectivity index (χ1v) is 11.6. The number of halogens is 2. The number of nitro groups is 1. The molecule has 0 amide bonds. The van der Waals surface area contributed by atoms with Gasteiger partial charge in [-0.2, -0.15) is 0 Å². The number of aromatic nitrogens is 2. The molecule has 9 nitrogen and oxygen atoms in total. The van der Waals surface area contributed by atoms with Gasteiger partial charge in [-0.25, -0.2) is 9.97 Å². The number of hydrogen-bond donors (Lipinski definition) is 1. The van der Waals surface area contributed by atoms with Gasteiger partial charge in [0.25, 0.3) is 6.54 Å². The molecule has 0 spiro atoms. The second-order valence-electron chi connectivity index (χ2n) is 7.44. The number of nitrogens with zero attached hydrogens (tertiary/aromatic N) is 3. The molecule has 0 aliphatic heterocycles. The van der Waals surface area contributed by atoms with Crippen LogP contribution in [0, 0.1) is 10.1 Å². The van der Waals surface area contributed by atoms with E-state index in [0.29, 0.717) is 34.5 Å². The van der Waals surface area contributed by atoms with E-state index in [1.807, 2.05) is 25.1 Å². The molecule has 0 aliphatic carbocycles. The van der Waals surface area contributed by atoms with Crippen LogP contribution in [-0.4, -0.2) is 33.2 Å². The Bertz CT molecular complexity index is 1110. The van der Waals surface area contributed by atoms with E-state index in [2.05, 4.69) is 9.97 Å². The maximum Gasteiger partial charge on any atom is 0.318 e. The zero-order valence-corrected chi connectivity index (χ0v) is 21.5. The Morgan fingerprint density at radius 3 is 1.81 bits per heavy atom. The lowest BCUT2D eigenvalue weighted by molar-refractivity contribution is -0.467. The Kier molecular flexibility index (Phi) is 13.2. The van der Waals surface area contributed by atoms with Crippen molar-refractivity contribution in [3.05, 3.63) is 98.5 Å². The number of Topliss-reactive ketones (excluding diaryl/α,β-unsaturated/α-hetero) is 1. The fourth-order valence-electron chi connectivity index (χ4n) is 3.29. The molecular formula is C25H28Cl2N4O5. The van der Waals surface area contributed by atoms with Crippen LogP contribution in [-0.2, 0) is 9.59 Å². The summed E-state index contributed by atoms with van der Waals surface area (Å²) >= 11 is 11.4. The van der Waals surface area contributed by atoms with E-state index in [1.165, 1.54) is 6.20 Å². The average Bonchev–Trinajstić information content (AvgIpc) is 2.83. The second kappa shape index (κ2) is 15.6. The Balaban J connectivity index is 0.000000356. The van der Waals surface area contributed by atoms with Crippen LogP contribution in [0.1, 0.15) is 49.7 Å². The first-order valence-electron chi connectivity index (χ1n) is 10.9. The van der Waals surface area contributed by atoms with Gasteiger partial charge in [-0.15, -0.1) is 0 Å². The largest absolute Gasteiger partial charge is 0.426 e. The third-order valence-corrected chi connectivity index (χ3v) is 5.49. The third-order valence-electron chi connectivity index (χ3n) is 5.04. The highest BCUT2D eigenvalue weighted by molar-refractivity contribution is 6.29. The summed E-state index contributed by atoms with van der Waals surface area (Å²) in [4.78, 5) is 41.2. The molecule has 1 aromatic carbocycles. The highest BCUT2D eigenvalue weighted by Gasteiger charge is 2.23. The van der Waals surface area contributed by atoms with Crippen LogP contribution in [0.15, 0.2) is 67.0 Å². The van der Waals surface area contributed by atoms with Crippen molar-refractivity contribution in [3.8, 4) is 5.75 Å². The number of ketones is 1. The first-order chi connectivity index (χ1) is 16.7. The molecule has 2 unspecified atom stereocenters. The highest BCUT2D eigenvalue weighted by Crippen LogP contribution is 2.23. The molecule has 0 radical (unpaired) electrons. The van der Waals surface area contributed by atoms with Gasteiger partial charge >= 0.3 is 5.97 Å². The lowest BCUT2D eigenvalue weighted by atomic mass is 9.93. The van der Waals surface area contributed by atoms with Gasteiger partial charge in [-0.1, -0.05) is 67.4 Å². The number of carbonyl (C=O) groups excluding carboxylic acids is 2. The Hall–Kier alpha value is -3.40. The molecule has 36 heavy (non-hydrogen) atoms. The summed E-state index contributed by atoms with van der Waals surface area (Å²) in [5.74, 6) is -0.942. The van der Waals surface area contributed by atoms with Crippen LogP contribution in [0.3, 0.4) is 0 Å². The number of hydrogen-bond acceptors (Lipinski definition) is 8. The number of esters is 1. The van der Waals surface area contributed by atoms with Crippen LogP contribution in [0.25, 0.3) is 0 Å². The molecule has 0 saturated carbocycles. The van der Waals surface area contributed by atoms with E-state index in [9.17, 15) is 19.7 Å². The fraction of sp³-hybridized carbons (Fsp3) is 0.280. The molecule has 0 saturated heterocycles. The standard InChI is InChI=1S/C15H14ClNO2.C10H11ClN2O3.H3N/c1-2-13(11-8-9-14(16)17-10-11)15(18)19-12-6-4-3-5-7-12;1-2-8(9(14)6-13(15)16)7-3-4-10(11)12-5-7;/h3-10,13H,2H2,1H3;3-5,8H,2,6H2,1H3;1H3. The molecule has 192 valence electrons. The van der Waals surface area contributed by atoms with E-state index in [-0.39, 0.29) is 18.0 Å². The summed E-state index contributed by atoms with van der Waals surface area (Å²) in [6, 6.07) is 15.7. The molecule has 3 rings (SSSR count). The van der Waals surface area contributed by atoms with Gasteiger partial charge in [-0.05, 0) is 48.2 Å². The van der Waals surface area contributed by atoms with Crippen molar-refractivity contribution in [2.24, 2.45) is 0 Å². The lowest BCUT2D eigenvalue weighted by Crippen LogP contribution is -2.21. The summed E-state index contributed by atoms with van der Waals surface area (Å²) in [5.41, 5.74) is 1.48. The monoisotopic (exact) mass is 534 g/mol. The van der Waals surface area contributed by atoms with Crippen LogP contribution < -0.4 is 10.9 Å². The van der Waals surface area contributed by atoms with Crippen LogP contribution >= 0.6 is 23.2 Å². The third kappa shape index (κ3) is 9.69. The summed E-state index contributed by atoms with van der Waals surface area (Å²) in [6.07, 6.45) is 4.25. The molecule has 2 heterocycles. The minimum atomic E-state index is -0.652. The normalized spacial score (nSPS) is 11.7. The summed E-state index contributed by atoms with van der Waals surface area (Å²) < 4.78 is 5.35. The zero-order valence-electron chi connectivity index (χ0n) is 20.0. The minimum Gasteiger partial charge on any atom is -0.426 e. The maximum atomic E-state index is 12.1. The number of pyridine rings is 2. The van der Waals surface area contributed by atoms with Crippen LogP contribution in [0.4, 0.5) is 0 Å². The van der Waals surface area contributed by atoms with Gasteiger partial charge in [0.15, 0.2) is 0 Å². The predicted molar refractivity (Wildman–Crippen MR) is 139 cm³/mol. The molecular weight excluding hydrogens is 507 g/mol. The van der Waals surface area contributed by atoms with Crippen LogP contribution in [0.2, 0.25) is 10.3 Å². The molecule has 0 aliphatic rings. The highest BCUT2D eigenvalue weighted by atomic mass is 35.5. The van der Waals surface area contributed by atoms with E-state index in [0.717, 1.165) is 5.56 Å². The quantitative estimate of drug-likeness (QED) is 0.114. The van der Waals surface area contributed by atoms with Crippen molar-refractivity contribution in [1.29, 1.82) is 0 Å². The lowest BCUT2D eigenvalue weighted by Gasteiger charge is -2.14. The summed E-state index contributed by atoms with van der Waals surface area (Å²) in [5, 5.41) is 11.0. The van der Waals surface area contributed by atoms with Gasteiger partial charge in [0.1, 0.15) is 16.1 Å². The molecule has 2 atom stereocenters. The number of ether oxygens (including phenoxy) is 1. The minimum absolute atomic E-state index is 0. The Labute approximate surface area is 219 Å². The van der Waals surface area contributed by atoms with Gasteiger partial charge in [0, 0.05) is 17.3 Å². The summed E-state index contributed by atoms with van der Waals surface area (Å²) in [6.45, 7) is 3.09. The van der Waals surface area contributed by atoms with Gasteiger partial charge in [0.2, 0.25) is 5.78 Å². The topological polar surface area (TPSA) is 147 Å². The van der Waals surface area contributed by atoms with Crippen molar-refractivity contribution in [3.63, 3.8) is 0 Å². The van der Waals surface area contributed by atoms with Crippen molar-refractivity contribution < 1.29 is 19.2 Å². The van der Waals surface area contributed by atoms with Crippen molar-refractivity contribution in [2.45, 2.75) is 38.5 Å². The maximum absolute atomic E-state index is 12.1. The first kappa shape index (κ1) is 30.6. The molecule has 0 bridgehead atoms. The molecule has 3 N–H and O–H groups in total. The molecule has 3 aromatic rings. The van der Waals surface area contributed by atoms with E-state index in [1.54, 1.807) is 49.5 Å². The molecule has 2 aromatic heterocycles. The number of rotatable bonds is 9. The fourth-order valence-corrected chi connectivity index (χ4v) is 3.51. The van der Waals surface area contributed by atoms with Crippen LogP contribution in [0.5, 0.6) is 5.75 Å². The van der Waals surface area contributed by atoms with Crippen molar-refractivity contribution >= 4 is 35.0 Å². The van der Waals surface area contributed by atoms with E-state index >= 15 is 0 Å². The second-order valence-corrected chi connectivity index (χ2v) is 8.22. The van der Waals surface area contributed by atoms with Gasteiger partial charge in [0.05, 0.1) is 11.8 Å². The molecule has 0 fully saturated rings. The Morgan fingerprint density at radius 2 is 1.39 bits per heavy atom. The SMILES string of the molecule is CCC(C(=O)C[N+](=O)[O-])c1ccc(Cl)nc1.CCC(C(=O)Oc1ccccc1)c1ccc(Cl)nc1.N. The van der Waals surface area contributed by atoms with Gasteiger partial charge in [-0.3, -0.25) is 19.7 Å². The van der Waals surface area contributed by atoms with Crippen molar-refractivity contribution in [1.82, 2.24) is 16.1 Å². The Morgan fingerprint density at radius 1 is 0.889 bits per heavy atom. The summed E-state index contributed by atoms with van der Waals surface area (Å²) in [7, 11) is 0. The zero-order chi connectivity index (χ0) is 25.8. The molecule has 11 heteroatoms. The average molecular weight is 535 g/mol. The van der Waals surface area contributed by atoms with E-state index in [4.69, 9.17) is 27.9 Å². The predicted octanol–water partition coefficient (Wildman–Crippen LogP) is 6.07. The van der Waals surface area contributed by atoms with Gasteiger partial charge < -0.3 is 10.9 Å². The number of carbonyl (C=O) groups is 2.